The number of carbonyl (C=O) groups is 1. The van der Waals surface area contributed by atoms with Crippen molar-refractivity contribution in [1.82, 2.24) is 4.90 Å². The number of fused-ring (bicyclic) bond motifs is 1. The van der Waals surface area contributed by atoms with Crippen LogP contribution in [0, 0.1) is 0 Å². The van der Waals surface area contributed by atoms with Gasteiger partial charge in [-0.05, 0) is 25.8 Å². The summed E-state index contributed by atoms with van der Waals surface area (Å²) in [5.74, 6) is -0.0776. The van der Waals surface area contributed by atoms with Crippen LogP contribution in [0.5, 0.6) is 0 Å². The molecule has 0 aromatic heterocycles. The Morgan fingerprint density at radius 2 is 2.57 bits per heavy atom. The Morgan fingerprint density at radius 3 is 3.36 bits per heavy atom. The maximum absolute atomic E-state index is 11.6. The molecule has 1 fully saturated rings. The SMILES string of the molecule is CCOC(=O)C1CCC2=CC=CCN21. The lowest BCUT2D eigenvalue weighted by Gasteiger charge is -2.26. The lowest BCUT2D eigenvalue weighted by atomic mass is 10.2. The number of carbonyl (C=O) groups excluding carboxylic acids is 1. The summed E-state index contributed by atoms with van der Waals surface area (Å²) in [6.07, 6.45) is 8.10. The summed E-state index contributed by atoms with van der Waals surface area (Å²) in [5.41, 5.74) is 1.27. The molecule has 1 saturated heterocycles. The molecule has 1 atom stereocenters. The van der Waals surface area contributed by atoms with Crippen molar-refractivity contribution in [2.24, 2.45) is 0 Å². The van der Waals surface area contributed by atoms with Gasteiger partial charge in [0.1, 0.15) is 6.04 Å². The van der Waals surface area contributed by atoms with E-state index in [1.165, 1.54) is 5.70 Å². The van der Waals surface area contributed by atoms with Crippen LogP contribution in [0.25, 0.3) is 0 Å². The average molecular weight is 193 g/mol. The molecule has 0 aliphatic carbocycles. The van der Waals surface area contributed by atoms with Crippen molar-refractivity contribution in [2.75, 3.05) is 13.2 Å². The van der Waals surface area contributed by atoms with Gasteiger partial charge < -0.3 is 9.64 Å². The molecule has 2 aliphatic heterocycles. The Labute approximate surface area is 84.0 Å². The molecule has 2 rings (SSSR count). The van der Waals surface area contributed by atoms with Crippen molar-refractivity contribution < 1.29 is 9.53 Å². The highest BCUT2D eigenvalue weighted by Gasteiger charge is 2.34. The van der Waals surface area contributed by atoms with Gasteiger partial charge >= 0.3 is 5.97 Å². The molecular formula is C11H15NO2. The Kier molecular flexibility index (Phi) is 2.57. The minimum Gasteiger partial charge on any atom is -0.464 e. The molecule has 0 aromatic rings. The molecule has 2 aliphatic rings. The van der Waals surface area contributed by atoms with Gasteiger partial charge in [0.15, 0.2) is 0 Å². The van der Waals surface area contributed by atoms with Gasteiger partial charge in [0.2, 0.25) is 0 Å². The maximum atomic E-state index is 11.6. The average Bonchev–Trinajstić information content (AvgIpc) is 2.61. The van der Waals surface area contributed by atoms with E-state index in [-0.39, 0.29) is 12.0 Å². The Hall–Kier alpha value is -1.25. The summed E-state index contributed by atoms with van der Waals surface area (Å²) in [7, 11) is 0. The van der Waals surface area contributed by atoms with E-state index in [1.54, 1.807) is 0 Å². The van der Waals surface area contributed by atoms with Crippen LogP contribution in [0.15, 0.2) is 23.9 Å². The Bertz CT molecular complexity index is 294. The lowest BCUT2D eigenvalue weighted by Crippen LogP contribution is -2.37. The maximum Gasteiger partial charge on any atom is 0.328 e. The standard InChI is InChI=1S/C11H15NO2/c1-2-14-11(13)10-7-6-9-5-3-4-8-12(9)10/h3-5,10H,2,6-8H2,1H3. The van der Waals surface area contributed by atoms with Crippen molar-refractivity contribution in [2.45, 2.75) is 25.8 Å². The monoisotopic (exact) mass is 193 g/mol. The zero-order valence-corrected chi connectivity index (χ0v) is 8.40. The van der Waals surface area contributed by atoms with Crippen LogP contribution in [0.4, 0.5) is 0 Å². The molecule has 0 N–H and O–H groups in total. The van der Waals surface area contributed by atoms with E-state index in [9.17, 15) is 4.79 Å². The van der Waals surface area contributed by atoms with Crippen molar-refractivity contribution in [3.8, 4) is 0 Å². The van der Waals surface area contributed by atoms with Crippen LogP contribution in [0.3, 0.4) is 0 Å². The lowest BCUT2D eigenvalue weighted by molar-refractivity contribution is -0.147. The molecule has 0 aromatic carbocycles. The molecule has 2 heterocycles. The first kappa shape index (κ1) is 9.31. The van der Waals surface area contributed by atoms with E-state index in [1.807, 2.05) is 6.92 Å². The van der Waals surface area contributed by atoms with Gasteiger partial charge in [-0.1, -0.05) is 12.2 Å². The minimum atomic E-state index is -0.0776. The fraction of sp³-hybridized carbons (Fsp3) is 0.545. The Morgan fingerprint density at radius 1 is 1.71 bits per heavy atom. The number of ether oxygens (including phenoxy) is 1. The van der Waals surface area contributed by atoms with E-state index in [2.05, 4.69) is 23.1 Å². The number of esters is 1. The zero-order chi connectivity index (χ0) is 9.97. The summed E-state index contributed by atoms with van der Waals surface area (Å²) in [4.78, 5) is 13.7. The van der Waals surface area contributed by atoms with Crippen LogP contribution in [-0.4, -0.2) is 30.1 Å². The van der Waals surface area contributed by atoms with Crippen LogP contribution < -0.4 is 0 Å². The van der Waals surface area contributed by atoms with E-state index in [0.29, 0.717) is 6.61 Å². The van der Waals surface area contributed by atoms with Gasteiger partial charge in [0.25, 0.3) is 0 Å². The van der Waals surface area contributed by atoms with Gasteiger partial charge in [-0.15, -0.1) is 0 Å². The van der Waals surface area contributed by atoms with Gasteiger partial charge in [-0.2, -0.15) is 0 Å². The predicted molar refractivity (Wildman–Crippen MR) is 53.6 cm³/mol. The Balaban J connectivity index is 2.06. The van der Waals surface area contributed by atoms with E-state index < -0.39 is 0 Å². The summed E-state index contributed by atoms with van der Waals surface area (Å²) in [6.45, 7) is 3.16. The fourth-order valence-electron chi connectivity index (χ4n) is 2.04. The summed E-state index contributed by atoms with van der Waals surface area (Å²) < 4.78 is 5.04. The summed E-state index contributed by atoms with van der Waals surface area (Å²) >= 11 is 0. The molecule has 0 amide bonds. The van der Waals surface area contributed by atoms with Gasteiger partial charge in [0, 0.05) is 12.2 Å². The highest BCUT2D eigenvalue weighted by Crippen LogP contribution is 2.29. The number of allylic oxidation sites excluding steroid dienone is 3. The van der Waals surface area contributed by atoms with Crippen molar-refractivity contribution in [3.05, 3.63) is 23.9 Å². The quantitative estimate of drug-likeness (QED) is 0.622. The molecule has 3 heteroatoms. The number of hydrogen-bond donors (Lipinski definition) is 0. The molecule has 76 valence electrons. The highest BCUT2D eigenvalue weighted by atomic mass is 16.5. The smallest absolute Gasteiger partial charge is 0.328 e. The second-order valence-electron chi connectivity index (χ2n) is 3.55. The third-order valence-electron chi connectivity index (χ3n) is 2.70. The second kappa shape index (κ2) is 3.86. The molecule has 0 spiro atoms. The fourth-order valence-corrected chi connectivity index (χ4v) is 2.04. The molecular weight excluding hydrogens is 178 g/mol. The molecule has 14 heavy (non-hydrogen) atoms. The van der Waals surface area contributed by atoms with Crippen molar-refractivity contribution in [1.29, 1.82) is 0 Å². The first-order chi connectivity index (χ1) is 6.83. The zero-order valence-electron chi connectivity index (χ0n) is 8.40. The highest BCUT2D eigenvalue weighted by molar-refractivity contribution is 5.77. The summed E-state index contributed by atoms with van der Waals surface area (Å²) in [6, 6.07) is -0.0499. The van der Waals surface area contributed by atoms with Crippen LogP contribution in [-0.2, 0) is 9.53 Å². The second-order valence-corrected chi connectivity index (χ2v) is 3.55. The van der Waals surface area contributed by atoms with Crippen LogP contribution in [0.1, 0.15) is 19.8 Å². The predicted octanol–water partition coefficient (Wildman–Crippen LogP) is 1.47. The number of nitrogens with zero attached hydrogens (tertiary/aromatic N) is 1. The summed E-state index contributed by atoms with van der Waals surface area (Å²) in [5, 5.41) is 0. The first-order valence-electron chi connectivity index (χ1n) is 5.12. The van der Waals surface area contributed by atoms with Crippen LogP contribution in [0.2, 0.25) is 0 Å². The topological polar surface area (TPSA) is 29.5 Å². The molecule has 1 unspecified atom stereocenters. The molecule has 3 nitrogen and oxygen atoms in total. The molecule has 0 bridgehead atoms. The largest absolute Gasteiger partial charge is 0.464 e. The first-order valence-corrected chi connectivity index (χ1v) is 5.12. The van der Waals surface area contributed by atoms with Gasteiger partial charge in [-0.25, -0.2) is 4.79 Å². The number of rotatable bonds is 2. The normalized spacial score (nSPS) is 24.5. The van der Waals surface area contributed by atoms with Gasteiger partial charge in [-0.3, -0.25) is 0 Å². The minimum absolute atomic E-state index is 0.0499. The van der Waals surface area contributed by atoms with Crippen LogP contribution >= 0.6 is 0 Å². The molecule has 0 radical (unpaired) electrons. The van der Waals surface area contributed by atoms with Crippen molar-refractivity contribution in [3.63, 3.8) is 0 Å². The van der Waals surface area contributed by atoms with Gasteiger partial charge in [0.05, 0.1) is 6.61 Å². The van der Waals surface area contributed by atoms with E-state index >= 15 is 0 Å². The van der Waals surface area contributed by atoms with E-state index in [0.717, 1.165) is 19.4 Å². The number of hydrogen-bond acceptors (Lipinski definition) is 3. The third-order valence-corrected chi connectivity index (χ3v) is 2.70. The van der Waals surface area contributed by atoms with Crippen molar-refractivity contribution >= 4 is 5.97 Å². The molecule has 0 saturated carbocycles. The third kappa shape index (κ3) is 1.54. The van der Waals surface area contributed by atoms with E-state index in [4.69, 9.17) is 4.74 Å².